The molecular formula is C9H15N3O4. The number of hydrogen-bond donors (Lipinski definition) is 2. The molecule has 0 heterocycles. The lowest BCUT2D eigenvalue weighted by molar-refractivity contribution is -0.507. The Kier molecular flexibility index (Phi) is 5.76. The van der Waals surface area contributed by atoms with Crippen molar-refractivity contribution >= 4 is 11.6 Å². The first kappa shape index (κ1) is 14.1. The van der Waals surface area contributed by atoms with Gasteiger partial charge in [-0.3, -0.25) is 14.9 Å². The van der Waals surface area contributed by atoms with E-state index < -0.39 is 16.9 Å². The SMILES string of the molecule is CCC(=CC(=NO)C(=O)NC)C(C)[N+](=O)[O-]. The molecule has 0 rings (SSSR count). The van der Waals surface area contributed by atoms with E-state index in [1.165, 1.54) is 20.0 Å². The molecule has 1 atom stereocenters. The number of nitro groups is 1. The van der Waals surface area contributed by atoms with Crippen LogP contribution in [0.1, 0.15) is 20.3 Å². The van der Waals surface area contributed by atoms with Gasteiger partial charge in [-0.2, -0.15) is 0 Å². The van der Waals surface area contributed by atoms with Gasteiger partial charge in [-0.1, -0.05) is 12.1 Å². The van der Waals surface area contributed by atoms with E-state index in [2.05, 4.69) is 10.5 Å². The molecule has 0 saturated heterocycles. The Labute approximate surface area is 93.0 Å². The van der Waals surface area contributed by atoms with Gasteiger partial charge < -0.3 is 10.5 Å². The van der Waals surface area contributed by atoms with Crippen molar-refractivity contribution in [3.05, 3.63) is 21.8 Å². The Balaban J connectivity index is 5.08. The van der Waals surface area contributed by atoms with Gasteiger partial charge >= 0.3 is 0 Å². The third-order valence-corrected chi connectivity index (χ3v) is 2.15. The summed E-state index contributed by atoms with van der Waals surface area (Å²) in [5.74, 6) is -0.594. The van der Waals surface area contributed by atoms with Gasteiger partial charge in [0.05, 0.1) is 0 Å². The molecule has 7 nitrogen and oxygen atoms in total. The first-order chi connectivity index (χ1) is 7.47. The fourth-order valence-corrected chi connectivity index (χ4v) is 1.10. The predicted octanol–water partition coefficient (Wildman–Crippen LogP) is 0.564. The van der Waals surface area contributed by atoms with Crippen LogP contribution in [0.5, 0.6) is 0 Å². The second-order valence-electron chi connectivity index (χ2n) is 3.10. The fourth-order valence-electron chi connectivity index (χ4n) is 1.10. The normalized spacial score (nSPS) is 14.4. The summed E-state index contributed by atoms with van der Waals surface area (Å²) in [5.41, 5.74) is 0.175. The Morgan fingerprint density at radius 1 is 1.69 bits per heavy atom. The molecule has 0 aliphatic rings. The molecule has 0 aromatic rings. The van der Waals surface area contributed by atoms with Crippen molar-refractivity contribution in [3.63, 3.8) is 0 Å². The highest BCUT2D eigenvalue weighted by atomic mass is 16.6. The third kappa shape index (κ3) is 3.68. The molecule has 0 spiro atoms. The lowest BCUT2D eigenvalue weighted by Crippen LogP contribution is -2.28. The van der Waals surface area contributed by atoms with Crippen LogP contribution in [0, 0.1) is 10.1 Å². The van der Waals surface area contributed by atoms with Gasteiger partial charge in [0, 0.05) is 24.5 Å². The van der Waals surface area contributed by atoms with E-state index in [0.29, 0.717) is 12.0 Å². The Hall–Kier alpha value is -1.92. The molecule has 0 aliphatic carbocycles. The van der Waals surface area contributed by atoms with Gasteiger partial charge in [-0.05, 0) is 12.5 Å². The summed E-state index contributed by atoms with van der Waals surface area (Å²) in [7, 11) is 1.38. The minimum Gasteiger partial charge on any atom is -0.410 e. The van der Waals surface area contributed by atoms with Crippen molar-refractivity contribution in [2.45, 2.75) is 26.3 Å². The van der Waals surface area contributed by atoms with Crippen molar-refractivity contribution in [3.8, 4) is 0 Å². The quantitative estimate of drug-likeness (QED) is 0.311. The molecule has 7 heteroatoms. The van der Waals surface area contributed by atoms with Crippen LogP contribution in [0.15, 0.2) is 16.8 Å². The zero-order valence-electron chi connectivity index (χ0n) is 9.43. The molecular weight excluding hydrogens is 214 g/mol. The van der Waals surface area contributed by atoms with Crippen LogP contribution in [0.4, 0.5) is 0 Å². The molecule has 0 aromatic carbocycles. The minimum atomic E-state index is -0.911. The monoisotopic (exact) mass is 229 g/mol. The zero-order valence-corrected chi connectivity index (χ0v) is 9.43. The first-order valence-electron chi connectivity index (χ1n) is 4.76. The molecule has 0 saturated carbocycles. The van der Waals surface area contributed by atoms with E-state index in [-0.39, 0.29) is 5.71 Å². The minimum absolute atomic E-state index is 0.243. The van der Waals surface area contributed by atoms with Crippen LogP contribution in [-0.4, -0.2) is 34.8 Å². The highest BCUT2D eigenvalue weighted by molar-refractivity contribution is 6.43. The summed E-state index contributed by atoms with van der Waals surface area (Å²) in [6.45, 7) is 3.14. The van der Waals surface area contributed by atoms with Crippen LogP contribution in [0.2, 0.25) is 0 Å². The van der Waals surface area contributed by atoms with Crippen molar-refractivity contribution in [2.75, 3.05) is 7.05 Å². The van der Waals surface area contributed by atoms with E-state index in [4.69, 9.17) is 5.21 Å². The maximum Gasteiger partial charge on any atom is 0.273 e. The third-order valence-electron chi connectivity index (χ3n) is 2.15. The average molecular weight is 229 g/mol. The molecule has 0 bridgehead atoms. The lowest BCUT2D eigenvalue weighted by Gasteiger charge is -2.07. The largest absolute Gasteiger partial charge is 0.410 e. The van der Waals surface area contributed by atoms with Gasteiger partial charge in [0.25, 0.3) is 5.91 Å². The fraction of sp³-hybridized carbons (Fsp3) is 0.556. The summed E-state index contributed by atoms with van der Waals surface area (Å²) in [6, 6.07) is -0.911. The van der Waals surface area contributed by atoms with Gasteiger partial charge in [0.15, 0.2) is 5.71 Å². The smallest absolute Gasteiger partial charge is 0.273 e. The second kappa shape index (κ2) is 6.54. The lowest BCUT2D eigenvalue weighted by atomic mass is 10.0. The Bertz CT molecular complexity index is 336. The van der Waals surface area contributed by atoms with E-state index in [1.807, 2.05) is 0 Å². The van der Waals surface area contributed by atoms with Crippen LogP contribution in [0.3, 0.4) is 0 Å². The van der Waals surface area contributed by atoms with Gasteiger partial charge in [-0.15, -0.1) is 0 Å². The number of carbonyl (C=O) groups is 1. The number of oxime groups is 1. The number of carbonyl (C=O) groups excluding carboxylic acids is 1. The second-order valence-corrected chi connectivity index (χ2v) is 3.10. The Morgan fingerprint density at radius 3 is 2.56 bits per heavy atom. The molecule has 0 radical (unpaired) electrons. The van der Waals surface area contributed by atoms with Crippen molar-refractivity contribution in [1.29, 1.82) is 0 Å². The number of hydrogen-bond acceptors (Lipinski definition) is 5. The van der Waals surface area contributed by atoms with Crippen LogP contribution in [-0.2, 0) is 4.79 Å². The zero-order chi connectivity index (χ0) is 12.7. The summed E-state index contributed by atoms with van der Waals surface area (Å²) in [4.78, 5) is 21.3. The van der Waals surface area contributed by atoms with Crippen molar-refractivity contribution < 1.29 is 14.9 Å². The summed E-state index contributed by atoms with van der Waals surface area (Å²) >= 11 is 0. The van der Waals surface area contributed by atoms with E-state index in [1.54, 1.807) is 6.92 Å². The number of rotatable bonds is 5. The van der Waals surface area contributed by atoms with Gasteiger partial charge in [0.1, 0.15) is 0 Å². The maximum atomic E-state index is 11.2. The molecule has 0 fully saturated rings. The summed E-state index contributed by atoms with van der Waals surface area (Å²) < 4.78 is 0. The van der Waals surface area contributed by atoms with E-state index in [0.717, 1.165) is 0 Å². The van der Waals surface area contributed by atoms with E-state index >= 15 is 0 Å². The first-order valence-corrected chi connectivity index (χ1v) is 4.76. The highest BCUT2D eigenvalue weighted by Crippen LogP contribution is 2.10. The maximum absolute atomic E-state index is 11.2. The van der Waals surface area contributed by atoms with Gasteiger partial charge in [-0.25, -0.2) is 0 Å². The summed E-state index contributed by atoms with van der Waals surface area (Å²) in [5, 5.41) is 24.2. The highest BCUT2D eigenvalue weighted by Gasteiger charge is 2.19. The molecule has 1 unspecified atom stereocenters. The number of nitrogens with one attached hydrogen (secondary N) is 1. The number of nitrogens with zero attached hydrogens (tertiary/aromatic N) is 2. The predicted molar refractivity (Wildman–Crippen MR) is 58.1 cm³/mol. The average Bonchev–Trinajstić information content (AvgIpc) is 2.28. The molecule has 90 valence electrons. The summed E-state index contributed by atoms with van der Waals surface area (Å²) in [6.07, 6.45) is 1.63. The molecule has 16 heavy (non-hydrogen) atoms. The molecule has 0 aromatic heterocycles. The topological polar surface area (TPSA) is 105 Å². The standard InChI is InChI=1S/C9H15N3O4/c1-4-7(6(2)12(15)16)5-8(11-14)9(13)10-3/h5-6,14H,4H2,1-3H3,(H,10,13). The molecule has 1 amide bonds. The van der Waals surface area contributed by atoms with Crippen LogP contribution >= 0.6 is 0 Å². The van der Waals surface area contributed by atoms with Gasteiger partial charge in [0.2, 0.25) is 6.04 Å². The van der Waals surface area contributed by atoms with Crippen molar-refractivity contribution in [2.24, 2.45) is 5.16 Å². The molecule has 2 N–H and O–H groups in total. The van der Waals surface area contributed by atoms with Crippen LogP contribution in [0.25, 0.3) is 0 Å². The number of amides is 1. The van der Waals surface area contributed by atoms with Crippen LogP contribution < -0.4 is 5.32 Å². The Morgan fingerprint density at radius 2 is 2.25 bits per heavy atom. The molecule has 0 aliphatic heterocycles. The van der Waals surface area contributed by atoms with Crippen molar-refractivity contribution in [1.82, 2.24) is 5.32 Å². The van der Waals surface area contributed by atoms with E-state index in [9.17, 15) is 14.9 Å².